The topological polar surface area (TPSA) is 78.1 Å². The quantitative estimate of drug-likeness (QED) is 0.154. The van der Waals surface area contributed by atoms with E-state index in [-0.39, 0.29) is 0 Å². The van der Waals surface area contributed by atoms with E-state index < -0.39 is 0 Å². The van der Waals surface area contributed by atoms with Crippen LogP contribution in [0.5, 0.6) is 0 Å². The maximum atomic E-state index is 6.63. The normalized spacial score (nSPS) is 11.8. The molecule has 0 spiro atoms. The minimum atomic E-state index is 0.918. The van der Waals surface area contributed by atoms with Gasteiger partial charge >= 0.3 is 0 Å². The largest absolute Gasteiger partial charge is 0.455 e. The van der Waals surface area contributed by atoms with Gasteiger partial charge in [0.25, 0.3) is 0 Å². The van der Waals surface area contributed by atoms with Gasteiger partial charge in [0.1, 0.15) is 33.5 Å². The molecule has 0 bridgehead atoms. The second-order valence-corrected chi connectivity index (χ2v) is 31.5. The third-order valence-corrected chi connectivity index (χ3v) is 24.0. The second-order valence-electron chi connectivity index (χ2n) is 31.5. The van der Waals surface area contributed by atoms with E-state index in [2.05, 4.69) is 387 Å². The lowest BCUT2D eigenvalue weighted by atomic mass is 9.93. The first-order valence-electron chi connectivity index (χ1n) is 40.2. The van der Waals surface area contributed by atoms with Gasteiger partial charge in [-0.15, -0.1) is 0 Å². The van der Waals surface area contributed by atoms with Crippen LogP contribution in [-0.4, -0.2) is 15.0 Å². The molecular formula is C111H75N3O3. The van der Waals surface area contributed by atoms with Crippen LogP contribution in [0.15, 0.2) is 359 Å². The van der Waals surface area contributed by atoms with Crippen LogP contribution in [0.2, 0.25) is 0 Å². The van der Waals surface area contributed by atoms with Crippen molar-refractivity contribution in [2.75, 3.05) is 0 Å². The average Bonchev–Trinajstić information content (AvgIpc) is 1.51. The van der Waals surface area contributed by atoms with Gasteiger partial charge in [0.15, 0.2) is 0 Å². The Balaban J connectivity index is 0.000000106. The number of rotatable bonds is 6. The minimum Gasteiger partial charge on any atom is -0.455 e. The van der Waals surface area contributed by atoms with E-state index in [1.165, 1.54) is 114 Å². The summed E-state index contributed by atoms with van der Waals surface area (Å²) in [6.07, 6.45) is 0. The summed E-state index contributed by atoms with van der Waals surface area (Å²) in [5.74, 6) is 0. The van der Waals surface area contributed by atoms with Crippen LogP contribution < -0.4 is 0 Å². The molecule has 24 aromatic rings. The van der Waals surface area contributed by atoms with Gasteiger partial charge in [-0.2, -0.15) is 0 Å². The molecule has 6 heterocycles. The number of aryl methyl sites for hydroxylation is 6. The summed E-state index contributed by atoms with van der Waals surface area (Å²) in [5, 5.41) is 25.2. The van der Waals surface area contributed by atoms with Gasteiger partial charge in [0.05, 0.1) is 33.6 Å². The molecule has 0 fully saturated rings. The summed E-state index contributed by atoms with van der Waals surface area (Å²) in [6, 6.07) is 123. The third kappa shape index (κ3) is 11.3. The molecule has 0 saturated heterocycles. The molecule has 18 aromatic carbocycles. The Hall–Kier alpha value is -14.9. The van der Waals surface area contributed by atoms with Crippen LogP contribution in [0.3, 0.4) is 0 Å². The van der Waals surface area contributed by atoms with Crippen molar-refractivity contribution in [1.29, 1.82) is 0 Å². The van der Waals surface area contributed by atoms with Gasteiger partial charge in [-0.3, -0.25) is 0 Å². The van der Waals surface area contributed by atoms with Gasteiger partial charge in [0, 0.05) is 98.0 Å². The fourth-order valence-corrected chi connectivity index (χ4v) is 18.7. The summed E-state index contributed by atoms with van der Waals surface area (Å²) in [6.45, 7) is 12.8. The average molecular weight is 1500 g/mol. The number of furan rings is 3. The SMILES string of the molecule is Cc1cc(C)c2oc3c(-c4ccccc4-c4ccc5c6ccccc6c6ccccc6c5n4)cc(C)cc3c2c1.Cc1ccc2oc3c(-c4ccccc4-c4ccc5c6ccccc6c6ccccc6c5n4)cc(C)cc3c2c1.Cc1cccc2c1oc1c(-c3ccccc3-c3ccc4c5ccccc5c5ccccc5c4n3)cccc12. The van der Waals surface area contributed by atoms with Crippen molar-refractivity contribution >= 4 is 163 Å². The smallest absolute Gasteiger partial charge is 0.143 e. The van der Waals surface area contributed by atoms with Crippen molar-refractivity contribution in [3.05, 3.63) is 379 Å². The van der Waals surface area contributed by atoms with Crippen molar-refractivity contribution in [1.82, 2.24) is 15.0 Å². The van der Waals surface area contributed by atoms with Crippen molar-refractivity contribution in [3.63, 3.8) is 0 Å². The number of nitrogens with zero attached hydrogens (tertiary/aromatic N) is 3. The van der Waals surface area contributed by atoms with Crippen LogP contribution >= 0.6 is 0 Å². The monoisotopic (exact) mass is 1500 g/mol. The number of hydrogen-bond donors (Lipinski definition) is 0. The molecule has 0 aliphatic heterocycles. The van der Waals surface area contributed by atoms with Gasteiger partial charge in [0.2, 0.25) is 0 Å². The number of para-hydroxylation sites is 2. The Bertz CT molecular complexity index is 8190. The van der Waals surface area contributed by atoms with Crippen molar-refractivity contribution in [3.8, 4) is 67.2 Å². The molecule has 0 aliphatic rings. The zero-order valence-electron chi connectivity index (χ0n) is 65.5. The Morgan fingerprint density at radius 3 is 0.872 bits per heavy atom. The van der Waals surface area contributed by atoms with Crippen LogP contribution in [0.1, 0.15) is 33.4 Å². The van der Waals surface area contributed by atoms with Crippen LogP contribution in [0.25, 0.3) is 230 Å². The van der Waals surface area contributed by atoms with Gasteiger partial charge in [-0.25, -0.2) is 15.0 Å². The second kappa shape index (κ2) is 27.5. The number of fused-ring (bicyclic) bond motifs is 27. The molecule has 552 valence electrons. The number of benzene rings is 18. The summed E-state index contributed by atoms with van der Waals surface area (Å²) in [4.78, 5) is 16.0. The minimum absolute atomic E-state index is 0.918. The molecule has 0 atom stereocenters. The Labute approximate surface area is 674 Å². The Kier molecular flexibility index (Phi) is 16.2. The first kappa shape index (κ1) is 68.9. The molecular weight excluding hydrogens is 1420 g/mol. The van der Waals surface area contributed by atoms with Gasteiger partial charge < -0.3 is 13.3 Å². The Morgan fingerprint density at radius 1 is 0.162 bits per heavy atom. The predicted molar refractivity (Wildman–Crippen MR) is 493 cm³/mol. The van der Waals surface area contributed by atoms with Crippen LogP contribution in [0, 0.1) is 41.5 Å². The number of pyridine rings is 3. The van der Waals surface area contributed by atoms with Gasteiger partial charge in [-0.05, 0) is 213 Å². The lowest BCUT2D eigenvalue weighted by Crippen LogP contribution is -1.92. The molecule has 24 rings (SSSR count). The van der Waals surface area contributed by atoms with E-state index in [9.17, 15) is 0 Å². The molecule has 0 saturated carbocycles. The third-order valence-electron chi connectivity index (χ3n) is 24.0. The van der Waals surface area contributed by atoms with Crippen LogP contribution in [-0.2, 0) is 0 Å². The zero-order valence-corrected chi connectivity index (χ0v) is 65.5. The summed E-state index contributed by atoms with van der Waals surface area (Å²) >= 11 is 0. The Morgan fingerprint density at radius 2 is 0.444 bits per heavy atom. The highest BCUT2D eigenvalue weighted by Gasteiger charge is 2.24. The molecule has 6 nitrogen and oxygen atoms in total. The zero-order chi connectivity index (χ0) is 78.3. The molecule has 0 aliphatic carbocycles. The molecule has 117 heavy (non-hydrogen) atoms. The molecule has 0 amide bonds. The first-order chi connectivity index (χ1) is 57.5. The maximum absolute atomic E-state index is 6.63. The summed E-state index contributed by atoms with van der Waals surface area (Å²) < 4.78 is 19.6. The standard InChI is InChI=1S/C38H27NO.C37H25NO.C36H23NO/c1-22-18-24(3)37-33(19-22)34-21-23(2)20-32(38(34)40-37)28-13-6-8-14-29(28)35-17-16-31-27-12-5-4-10-25(27)26-11-7-9-15-30(26)36(31)39-35;1-22-15-18-35-31(19-22)33-21-23(2)20-32(37(33)39-35)27-12-5-7-13-28(27)34-17-16-30-26-11-4-3-9-24(26)25-10-6-8-14-29(25)36(30)38-34;1-22-10-8-17-31-32-19-9-18-30(36(32)38-35(22)31)26-14-4-6-15-27(26)33-21-20-29-25-13-3-2-11-23(25)24-12-5-7-16-28(24)34(29)37-33/h4-21H,1-3H3;3-21H,1-2H3;2-21H,1H3. The lowest BCUT2D eigenvalue weighted by molar-refractivity contribution is 0.666. The summed E-state index contributed by atoms with van der Waals surface area (Å²) in [7, 11) is 0. The van der Waals surface area contributed by atoms with E-state index in [4.69, 9.17) is 28.2 Å². The van der Waals surface area contributed by atoms with Crippen molar-refractivity contribution in [2.24, 2.45) is 0 Å². The number of hydrogen-bond acceptors (Lipinski definition) is 6. The summed E-state index contributed by atoms with van der Waals surface area (Å²) in [5.41, 5.74) is 28.7. The van der Waals surface area contributed by atoms with E-state index in [0.717, 1.165) is 150 Å². The van der Waals surface area contributed by atoms with Crippen molar-refractivity contribution < 1.29 is 13.3 Å². The maximum Gasteiger partial charge on any atom is 0.143 e. The number of aromatic nitrogens is 3. The van der Waals surface area contributed by atoms with E-state index in [0.29, 0.717) is 0 Å². The highest BCUT2D eigenvalue weighted by Crippen LogP contribution is 2.48. The molecule has 6 aromatic heterocycles. The van der Waals surface area contributed by atoms with Crippen molar-refractivity contribution in [2.45, 2.75) is 41.5 Å². The highest BCUT2D eigenvalue weighted by molar-refractivity contribution is 6.28. The highest BCUT2D eigenvalue weighted by atomic mass is 16.3. The molecule has 0 N–H and O–H groups in total. The lowest BCUT2D eigenvalue weighted by Gasteiger charge is -2.14. The fourth-order valence-electron chi connectivity index (χ4n) is 18.7. The van der Waals surface area contributed by atoms with Gasteiger partial charge in [-0.1, -0.05) is 272 Å². The fraction of sp³-hybridized carbons (Fsp3) is 0.0541. The first-order valence-corrected chi connectivity index (χ1v) is 40.2. The predicted octanol–water partition coefficient (Wildman–Crippen LogP) is 31.2. The van der Waals surface area contributed by atoms with E-state index in [1.54, 1.807) is 0 Å². The van der Waals surface area contributed by atoms with Crippen LogP contribution in [0.4, 0.5) is 0 Å². The van der Waals surface area contributed by atoms with E-state index in [1.807, 2.05) is 0 Å². The molecule has 0 unspecified atom stereocenters. The molecule has 6 heteroatoms. The molecule has 0 radical (unpaired) electrons. The van der Waals surface area contributed by atoms with E-state index >= 15 is 0 Å².